The van der Waals surface area contributed by atoms with E-state index >= 15 is 0 Å². The summed E-state index contributed by atoms with van der Waals surface area (Å²) in [5.74, 6) is -0.120. The Morgan fingerprint density at radius 2 is 2.21 bits per heavy atom. The van der Waals surface area contributed by atoms with Crippen LogP contribution in [0.15, 0.2) is 24.8 Å². The van der Waals surface area contributed by atoms with Crippen molar-refractivity contribution in [2.45, 2.75) is 38.1 Å². The van der Waals surface area contributed by atoms with Crippen LogP contribution in [0, 0.1) is 5.92 Å². The Morgan fingerprint density at radius 1 is 1.50 bits per heavy atom. The van der Waals surface area contributed by atoms with E-state index in [0.29, 0.717) is 12.5 Å². The third kappa shape index (κ3) is 1.25. The summed E-state index contributed by atoms with van der Waals surface area (Å²) in [6.45, 7) is 12.5. The number of hydrogen-bond acceptors (Lipinski definition) is 2. The predicted octanol–water partition coefficient (Wildman–Crippen LogP) is 2.66. The lowest BCUT2D eigenvalue weighted by Crippen LogP contribution is -2.38. The molecule has 0 aromatic carbocycles. The van der Waals surface area contributed by atoms with Crippen LogP contribution in [0.3, 0.4) is 0 Å². The molecule has 0 N–H and O–H groups in total. The molecule has 0 amide bonds. The maximum absolute atomic E-state index is 6.02. The number of rotatable bonds is 1. The van der Waals surface area contributed by atoms with Crippen molar-refractivity contribution in [1.82, 2.24) is 0 Å². The zero-order valence-electron chi connectivity index (χ0n) is 9.01. The molecule has 1 saturated heterocycles. The van der Waals surface area contributed by atoms with Crippen molar-refractivity contribution < 1.29 is 9.47 Å². The van der Waals surface area contributed by atoms with Gasteiger partial charge >= 0.3 is 0 Å². The van der Waals surface area contributed by atoms with Crippen LogP contribution in [0.4, 0.5) is 0 Å². The van der Waals surface area contributed by atoms with Gasteiger partial charge in [0.2, 0.25) is 0 Å². The largest absolute Gasteiger partial charge is 0.347 e. The molecule has 1 aliphatic carbocycles. The molecule has 1 saturated carbocycles. The van der Waals surface area contributed by atoms with Crippen LogP contribution in [0.5, 0.6) is 0 Å². The highest BCUT2D eigenvalue weighted by Gasteiger charge is 2.54. The summed E-state index contributed by atoms with van der Waals surface area (Å²) < 4.78 is 11.7. The molecule has 2 nitrogen and oxygen atoms in total. The molecular formula is C12H18O2. The highest BCUT2D eigenvalue weighted by atomic mass is 16.8. The van der Waals surface area contributed by atoms with Crippen molar-refractivity contribution in [2.75, 3.05) is 6.61 Å². The van der Waals surface area contributed by atoms with Gasteiger partial charge in [-0.05, 0) is 32.3 Å². The zero-order valence-corrected chi connectivity index (χ0v) is 9.01. The van der Waals surface area contributed by atoms with Gasteiger partial charge in [-0.1, -0.05) is 12.7 Å². The first-order valence-corrected chi connectivity index (χ1v) is 5.15. The molecule has 2 rings (SSSR count). The van der Waals surface area contributed by atoms with Gasteiger partial charge in [0.15, 0.2) is 5.79 Å². The van der Waals surface area contributed by atoms with Crippen molar-refractivity contribution in [3.63, 3.8) is 0 Å². The van der Waals surface area contributed by atoms with E-state index in [1.807, 2.05) is 19.9 Å². The van der Waals surface area contributed by atoms with Gasteiger partial charge in [-0.15, -0.1) is 6.58 Å². The van der Waals surface area contributed by atoms with Gasteiger partial charge in [0.25, 0.3) is 0 Å². The summed E-state index contributed by atoms with van der Waals surface area (Å²) in [6, 6.07) is 0. The smallest absolute Gasteiger partial charge is 0.164 e. The fourth-order valence-electron chi connectivity index (χ4n) is 2.48. The molecule has 1 spiro atoms. The van der Waals surface area contributed by atoms with Crippen LogP contribution in [0.2, 0.25) is 0 Å². The second-order valence-corrected chi connectivity index (χ2v) is 4.66. The quantitative estimate of drug-likeness (QED) is 0.597. The molecule has 0 aromatic heterocycles. The second kappa shape index (κ2) is 2.94. The van der Waals surface area contributed by atoms with Gasteiger partial charge in [-0.25, -0.2) is 0 Å². The molecule has 0 bridgehead atoms. The van der Waals surface area contributed by atoms with Crippen LogP contribution in [-0.4, -0.2) is 18.0 Å². The van der Waals surface area contributed by atoms with Gasteiger partial charge in [0.1, 0.15) is 5.60 Å². The fourth-order valence-corrected chi connectivity index (χ4v) is 2.48. The Balaban J connectivity index is 2.30. The molecule has 14 heavy (non-hydrogen) atoms. The van der Waals surface area contributed by atoms with Gasteiger partial charge in [-0.2, -0.15) is 0 Å². The zero-order chi connectivity index (χ0) is 10.4. The van der Waals surface area contributed by atoms with Crippen LogP contribution in [-0.2, 0) is 9.47 Å². The summed E-state index contributed by atoms with van der Waals surface area (Å²) in [5, 5.41) is 0. The maximum atomic E-state index is 6.02. The predicted molar refractivity (Wildman–Crippen MR) is 55.9 cm³/mol. The fraction of sp³-hybridized carbons (Fsp3) is 0.667. The molecule has 0 radical (unpaired) electrons. The van der Waals surface area contributed by atoms with Crippen LogP contribution < -0.4 is 0 Å². The Morgan fingerprint density at radius 3 is 2.71 bits per heavy atom. The molecule has 0 aromatic rings. The summed E-state index contributed by atoms with van der Waals surface area (Å²) in [7, 11) is 0. The van der Waals surface area contributed by atoms with E-state index in [1.54, 1.807) is 0 Å². The molecular weight excluding hydrogens is 176 g/mol. The van der Waals surface area contributed by atoms with E-state index < -0.39 is 5.79 Å². The topological polar surface area (TPSA) is 18.5 Å². The average molecular weight is 194 g/mol. The normalized spacial score (nSPS) is 40.7. The van der Waals surface area contributed by atoms with Crippen molar-refractivity contribution in [2.24, 2.45) is 5.92 Å². The van der Waals surface area contributed by atoms with Crippen LogP contribution in [0.25, 0.3) is 0 Å². The average Bonchev–Trinajstić information content (AvgIpc) is 2.58. The van der Waals surface area contributed by atoms with Gasteiger partial charge in [0.05, 0.1) is 6.61 Å². The van der Waals surface area contributed by atoms with E-state index in [4.69, 9.17) is 9.47 Å². The monoisotopic (exact) mass is 194 g/mol. The Kier molecular flexibility index (Phi) is 2.09. The summed E-state index contributed by atoms with van der Waals surface area (Å²) >= 11 is 0. The molecule has 2 unspecified atom stereocenters. The van der Waals surface area contributed by atoms with E-state index in [-0.39, 0.29) is 5.60 Å². The van der Waals surface area contributed by atoms with Crippen molar-refractivity contribution in [3.8, 4) is 0 Å². The van der Waals surface area contributed by atoms with Crippen LogP contribution in [0.1, 0.15) is 26.7 Å². The Hall–Kier alpha value is -0.600. The molecule has 1 aliphatic heterocycles. The van der Waals surface area contributed by atoms with Crippen molar-refractivity contribution in [3.05, 3.63) is 24.8 Å². The molecule has 2 fully saturated rings. The van der Waals surface area contributed by atoms with Crippen LogP contribution >= 0.6 is 0 Å². The Bertz CT molecular complexity index is 280. The third-order valence-corrected chi connectivity index (χ3v) is 3.30. The van der Waals surface area contributed by atoms with E-state index in [2.05, 4.69) is 13.2 Å². The highest BCUT2D eigenvalue weighted by molar-refractivity contribution is 5.26. The minimum Gasteiger partial charge on any atom is -0.347 e. The minimum atomic E-state index is -0.478. The standard InChI is InChI=1S/C12H18O2/c1-5-10-7-6-9(2)12(10)8-13-11(3,4)14-12/h5,10H,1-2,6-8H2,3-4H3. The molecule has 2 heteroatoms. The van der Waals surface area contributed by atoms with E-state index in [1.165, 1.54) is 0 Å². The minimum absolute atomic E-state index is 0.286. The first-order valence-electron chi connectivity index (χ1n) is 5.15. The van der Waals surface area contributed by atoms with Gasteiger partial charge in [0, 0.05) is 5.92 Å². The number of hydrogen-bond donors (Lipinski definition) is 0. The lowest BCUT2D eigenvalue weighted by molar-refractivity contribution is -0.157. The molecule has 2 atom stereocenters. The second-order valence-electron chi connectivity index (χ2n) is 4.66. The van der Waals surface area contributed by atoms with Gasteiger partial charge < -0.3 is 9.47 Å². The first kappa shape index (κ1) is 9.94. The summed E-state index contributed by atoms with van der Waals surface area (Å²) in [5.41, 5.74) is 0.874. The Labute approximate surface area is 85.6 Å². The number of ether oxygens (including phenoxy) is 2. The maximum Gasteiger partial charge on any atom is 0.164 e. The summed E-state index contributed by atoms with van der Waals surface area (Å²) in [4.78, 5) is 0. The SMILES string of the molecule is C=CC1CCC(=C)C12COC(C)(C)O2. The van der Waals surface area contributed by atoms with Crippen molar-refractivity contribution >= 4 is 0 Å². The first-order chi connectivity index (χ1) is 6.50. The molecule has 2 aliphatic rings. The third-order valence-electron chi connectivity index (χ3n) is 3.30. The lowest BCUT2D eigenvalue weighted by atomic mass is 9.89. The van der Waals surface area contributed by atoms with Crippen molar-refractivity contribution in [1.29, 1.82) is 0 Å². The lowest BCUT2D eigenvalue weighted by Gasteiger charge is -2.30. The van der Waals surface area contributed by atoms with Gasteiger partial charge in [-0.3, -0.25) is 0 Å². The summed E-state index contributed by atoms with van der Waals surface area (Å²) in [6.07, 6.45) is 4.08. The van der Waals surface area contributed by atoms with E-state index in [0.717, 1.165) is 18.4 Å². The highest BCUT2D eigenvalue weighted by Crippen LogP contribution is 2.49. The molecule has 78 valence electrons. The van der Waals surface area contributed by atoms with E-state index in [9.17, 15) is 0 Å². The molecule has 1 heterocycles.